The van der Waals surface area contributed by atoms with Gasteiger partial charge in [-0.2, -0.15) is 5.10 Å². The zero-order valence-corrected chi connectivity index (χ0v) is 21.2. The van der Waals surface area contributed by atoms with Gasteiger partial charge in [0.05, 0.1) is 25.8 Å². The molecule has 0 spiro atoms. The Kier molecular flexibility index (Phi) is 14.0. The number of aromatic nitrogens is 2. The van der Waals surface area contributed by atoms with Crippen molar-refractivity contribution in [3.05, 3.63) is 48.3 Å². The zero-order chi connectivity index (χ0) is 24.4. The van der Waals surface area contributed by atoms with Gasteiger partial charge in [0.25, 0.3) is 0 Å². The van der Waals surface area contributed by atoms with Gasteiger partial charge in [0, 0.05) is 44.5 Å². The molecule has 190 valence electrons. The third-order valence-corrected chi connectivity index (χ3v) is 5.95. The van der Waals surface area contributed by atoms with Crippen LogP contribution >= 0.6 is 0 Å². The molecule has 8 heteroatoms. The predicted molar refractivity (Wildman–Crippen MR) is 136 cm³/mol. The van der Waals surface area contributed by atoms with Crippen LogP contribution in [0.15, 0.2) is 42.7 Å². The highest BCUT2D eigenvalue weighted by Gasteiger charge is 2.24. The Morgan fingerprint density at radius 3 is 2.56 bits per heavy atom. The number of aromatic amines is 1. The molecule has 3 rings (SSSR count). The molecule has 0 radical (unpaired) electrons. The number of benzene rings is 1. The fourth-order valence-corrected chi connectivity index (χ4v) is 4.07. The molecule has 8 nitrogen and oxygen atoms in total. The van der Waals surface area contributed by atoms with Crippen LogP contribution in [0.4, 0.5) is 0 Å². The second-order valence-electron chi connectivity index (χ2n) is 8.73. The molecule has 34 heavy (non-hydrogen) atoms. The molecule has 0 unspecified atom stereocenters. The third-order valence-electron chi connectivity index (χ3n) is 5.95. The number of rotatable bonds is 13. The second kappa shape index (κ2) is 17.1. The van der Waals surface area contributed by atoms with Crippen molar-refractivity contribution in [2.45, 2.75) is 51.1 Å². The minimum absolute atomic E-state index is 0.186. The van der Waals surface area contributed by atoms with E-state index in [2.05, 4.69) is 27.5 Å². The summed E-state index contributed by atoms with van der Waals surface area (Å²) >= 11 is 0. The van der Waals surface area contributed by atoms with Gasteiger partial charge in [0.2, 0.25) is 5.91 Å². The Morgan fingerprint density at radius 1 is 1.15 bits per heavy atom. The molecule has 2 N–H and O–H groups in total. The summed E-state index contributed by atoms with van der Waals surface area (Å²) in [5.74, 6) is 1.04. The van der Waals surface area contributed by atoms with Gasteiger partial charge in [-0.05, 0) is 39.1 Å². The largest absolute Gasteiger partial charge is 0.492 e. The molecule has 1 amide bonds. The summed E-state index contributed by atoms with van der Waals surface area (Å²) in [5.41, 5.74) is 1.23. The number of amides is 1. The molecule has 1 heterocycles. The topological polar surface area (TPSA) is 82.7 Å². The van der Waals surface area contributed by atoms with Crippen LogP contribution in [0, 0.1) is 0 Å². The third kappa shape index (κ3) is 11.1. The first-order chi connectivity index (χ1) is 16.6. The lowest BCUT2D eigenvalue weighted by Gasteiger charge is -2.34. The molecule has 2 aromatic rings. The number of carbonyl (C=O) groups excluding carboxylic acids is 1. The Bertz CT molecular complexity index is 751. The first kappa shape index (κ1) is 27.8. The van der Waals surface area contributed by atoms with Gasteiger partial charge in [-0.1, -0.05) is 37.5 Å². The quantitative estimate of drug-likeness (QED) is 0.464. The summed E-state index contributed by atoms with van der Waals surface area (Å²) in [6.07, 6.45) is 10.2. The summed E-state index contributed by atoms with van der Waals surface area (Å²) < 4.78 is 10.8. The van der Waals surface area contributed by atoms with Crippen molar-refractivity contribution in [3.63, 3.8) is 0 Å². The van der Waals surface area contributed by atoms with E-state index in [-0.39, 0.29) is 5.91 Å². The van der Waals surface area contributed by atoms with Crippen molar-refractivity contribution in [2.24, 2.45) is 0 Å². The Morgan fingerprint density at radius 2 is 1.91 bits per heavy atom. The van der Waals surface area contributed by atoms with Gasteiger partial charge in [-0.3, -0.25) is 9.89 Å². The summed E-state index contributed by atoms with van der Waals surface area (Å²) in [7, 11) is 5.70. The average Bonchev–Trinajstić information content (AvgIpc) is 3.38. The number of para-hydroxylation sites is 1. The van der Waals surface area contributed by atoms with Crippen LogP contribution in [0.3, 0.4) is 0 Å². The number of ether oxygens (including phenoxy) is 2. The van der Waals surface area contributed by atoms with Gasteiger partial charge in [0.1, 0.15) is 12.4 Å². The molecular formula is C26H43N5O3. The molecule has 1 fully saturated rings. The van der Waals surface area contributed by atoms with E-state index in [1.807, 2.05) is 54.7 Å². The number of nitrogens with one attached hydrogen (secondary N) is 2. The predicted octanol–water partition coefficient (Wildman–Crippen LogP) is 3.32. The smallest absolute Gasteiger partial charge is 0.225 e. The van der Waals surface area contributed by atoms with Crippen LogP contribution in [0.25, 0.3) is 0 Å². The SMILES string of the molecule is CNCCN(C)Cc1cn[nH]c1.COCCC(=O)N(CCOc1ccccc1)C1CCCCC1. The van der Waals surface area contributed by atoms with Gasteiger partial charge in [-0.15, -0.1) is 0 Å². The number of H-pyrrole nitrogens is 1. The van der Waals surface area contributed by atoms with Gasteiger partial charge in [-0.25, -0.2) is 0 Å². The number of carbonyl (C=O) groups is 1. The number of likely N-dealkylation sites (N-methyl/N-ethyl adjacent to an activating group) is 2. The highest BCUT2D eigenvalue weighted by Crippen LogP contribution is 2.23. The summed E-state index contributed by atoms with van der Waals surface area (Å²) in [6.45, 7) is 4.72. The van der Waals surface area contributed by atoms with E-state index in [1.54, 1.807) is 7.11 Å². The first-order valence-corrected chi connectivity index (χ1v) is 12.4. The van der Waals surface area contributed by atoms with E-state index in [4.69, 9.17) is 9.47 Å². The van der Waals surface area contributed by atoms with Gasteiger partial charge >= 0.3 is 0 Å². The number of hydrogen-bond donors (Lipinski definition) is 2. The second-order valence-corrected chi connectivity index (χ2v) is 8.73. The van der Waals surface area contributed by atoms with E-state index in [0.717, 1.165) is 38.2 Å². The van der Waals surface area contributed by atoms with Crippen molar-refractivity contribution in [1.82, 2.24) is 25.3 Å². The zero-order valence-electron chi connectivity index (χ0n) is 21.2. The van der Waals surface area contributed by atoms with Crippen molar-refractivity contribution >= 4 is 5.91 Å². The summed E-state index contributed by atoms with van der Waals surface area (Å²) in [4.78, 5) is 16.7. The number of nitrogens with zero attached hydrogens (tertiary/aromatic N) is 3. The van der Waals surface area contributed by atoms with Crippen LogP contribution in [0.2, 0.25) is 0 Å². The summed E-state index contributed by atoms with van der Waals surface area (Å²) in [6, 6.07) is 10.1. The fraction of sp³-hybridized carbons (Fsp3) is 0.615. The van der Waals surface area contributed by atoms with Crippen LogP contribution < -0.4 is 10.1 Å². The monoisotopic (exact) mass is 473 g/mol. The minimum atomic E-state index is 0.186. The van der Waals surface area contributed by atoms with Gasteiger partial charge in [0.15, 0.2) is 0 Å². The maximum absolute atomic E-state index is 12.4. The Labute approximate surface area is 205 Å². The number of methoxy groups -OCH3 is 1. The van der Waals surface area contributed by atoms with Crippen LogP contribution in [0.5, 0.6) is 5.75 Å². The molecule has 0 saturated heterocycles. The fourth-order valence-electron chi connectivity index (χ4n) is 4.07. The van der Waals surface area contributed by atoms with E-state index in [9.17, 15) is 4.79 Å². The molecule has 0 atom stereocenters. The van der Waals surface area contributed by atoms with Crippen molar-refractivity contribution in [1.29, 1.82) is 0 Å². The molecule has 0 bridgehead atoms. The molecule has 1 aromatic heterocycles. The van der Waals surface area contributed by atoms with Crippen LogP contribution in [-0.2, 0) is 16.1 Å². The van der Waals surface area contributed by atoms with Gasteiger partial charge < -0.3 is 24.6 Å². The highest BCUT2D eigenvalue weighted by molar-refractivity contribution is 5.76. The maximum atomic E-state index is 12.4. The van der Waals surface area contributed by atoms with Crippen molar-refractivity contribution in [3.8, 4) is 5.75 Å². The molecule has 1 aliphatic rings. The number of hydrogen-bond acceptors (Lipinski definition) is 6. The Hall–Kier alpha value is -2.42. The lowest BCUT2D eigenvalue weighted by atomic mass is 9.94. The summed E-state index contributed by atoms with van der Waals surface area (Å²) in [5, 5.41) is 9.80. The first-order valence-electron chi connectivity index (χ1n) is 12.4. The Balaban J connectivity index is 0.000000287. The van der Waals surface area contributed by atoms with Crippen molar-refractivity contribution < 1.29 is 14.3 Å². The van der Waals surface area contributed by atoms with E-state index in [0.29, 0.717) is 32.2 Å². The molecule has 1 saturated carbocycles. The lowest BCUT2D eigenvalue weighted by Crippen LogP contribution is -2.44. The van der Waals surface area contributed by atoms with Crippen molar-refractivity contribution in [2.75, 3.05) is 54.1 Å². The molecule has 0 aliphatic heterocycles. The highest BCUT2D eigenvalue weighted by atomic mass is 16.5. The molecular weight excluding hydrogens is 430 g/mol. The van der Waals surface area contributed by atoms with E-state index >= 15 is 0 Å². The minimum Gasteiger partial charge on any atom is -0.492 e. The normalized spacial score (nSPS) is 13.9. The standard InChI is InChI=1S/C18H27NO3.C8H16N4/c1-21-14-12-18(20)19(16-8-4-2-5-9-16)13-15-22-17-10-6-3-7-11-17;1-9-3-4-12(2)7-8-5-10-11-6-8/h3,6-7,10-11,16H,2,4-5,8-9,12-15H2,1H3;5-6,9H,3-4,7H2,1-2H3,(H,10,11). The average molecular weight is 474 g/mol. The lowest BCUT2D eigenvalue weighted by molar-refractivity contribution is -0.135. The molecule has 1 aromatic carbocycles. The maximum Gasteiger partial charge on any atom is 0.225 e. The van der Waals surface area contributed by atoms with Crippen LogP contribution in [-0.4, -0.2) is 86.0 Å². The van der Waals surface area contributed by atoms with E-state index in [1.165, 1.54) is 24.8 Å². The molecule has 1 aliphatic carbocycles. The van der Waals surface area contributed by atoms with E-state index < -0.39 is 0 Å². The van der Waals surface area contributed by atoms with Crippen LogP contribution in [0.1, 0.15) is 44.1 Å².